The summed E-state index contributed by atoms with van der Waals surface area (Å²) in [6.45, 7) is 1.84. The molecule has 1 aromatic carbocycles. The van der Waals surface area contributed by atoms with Crippen molar-refractivity contribution in [2.75, 3.05) is 0 Å². The van der Waals surface area contributed by atoms with Gasteiger partial charge in [0.1, 0.15) is 0 Å². The summed E-state index contributed by atoms with van der Waals surface area (Å²) in [5, 5.41) is 3.23. The molecule has 0 saturated carbocycles. The van der Waals surface area contributed by atoms with Crippen molar-refractivity contribution >= 4 is 17.5 Å². The van der Waals surface area contributed by atoms with Gasteiger partial charge in [-0.25, -0.2) is 0 Å². The van der Waals surface area contributed by atoms with Gasteiger partial charge in [0.05, 0.1) is 0 Å². The molecule has 0 aliphatic rings. The lowest BCUT2D eigenvalue weighted by atomic mass is 10.2. The fourth-order valence-corrected chi connectivity index (χ4v) is 0.970. The molecule has 0 fully saturated rings. The largest absolute Gasteiger partial charge is 0.329 e. The molecular formula is C10H10ClNO. The van der Waals surface area contributed by atoms with E-state index in [0.29, 0.717) is 10.6 Å². The van der Waals surface area contributed by atoms with Crippen molar-refractivity contribution < 1.29 is 4.79 Å². The lowest BCUT2D eigenvalue weighted by molar-refractivity contribution is 0.0970. The molecule has 1 rings (SSSR count). The molecule has 0 bridgehead atoms. The predicted octanol–water partition coefficient (Wildman–Crippen LogP) is 2.60. The highest BCUT2D eigenvalue weighted by molar-refractivity contribution is 6.30. The molecule has 2 nitrogen and oxygen atoms in total. The summed E-state index contributed by atoms with van der Waals surface area (Å²) in [4.78, 5) is 11.3. The van der Waals surface area contributed by atoms with E-state index in [0.717, 1.165) is 0 Å². The zero-order chi connectivity index (χ0) is 9.68. The van der Waals surface area contributed by atoms with Crippen LogP contribution in [-0.4, -0.2) is 5.91 Å². The second-order valence-corrected chi connectivity index (χ2v) is 2.92. The zero-order valence-corrected chi connectivity index (χ0v) is 8.01. The number of nitrogens with one attached hydrogen (secondary N) is 1. The molecule has 0 saturated heterocycles. The summed E-state index contributed by atoms with van der Waals surface area (Å²) in [5.74, 6) is -0.130. The standard InChI is InChI=1S/C10H10ClNO/c1-2-7-12-10(13)8-3-5-9(11)6-4-8/h2-7H,1H3,(H,12,13)/b7-2+. The summed E-state index contributed by atoms with van der Waals surface area (Å²) < 4.78 is 0. The Morgan fingerprint density at radius 3 is 2.54 bits per heavy atom. The van der Waals surface area contributed by atoms with Crippen LogP contribution < -0.4 is 5.32 Å². The topological polar surface area (TPSA) is 29.1 Å². The molecule has 0 spiro atoms. The van der Waals surface area contributed by atoms with Crippen LogP contribution >= 0.6 is 11.6 Å². The third-order valence-corrected chi connectivity index (χ3v) is 1.74. The third kappa shape index (κ3) is 2.92. The number of hydrogen-bond donors (Lipinski definition) is 1. The minimum atomic E-state index is -0.130. The average molecular weight is 196 g/mol. The molecule has 0 aliphatic heterocycles. The molecule has 0 aromatic heterocycles. The number of benzene rings is 1. The molecule has 0 heterocycles. The van der Waals surface area contributed by atoms with Crippen LogP contribution in [0.1, 0.15) is 17.3 Å². The molecule has 1 aromatic rings. The van der Waals surface area contributed by atoms with Gasteiger partial charge in [-0.05, 0) is 37.4 Å². The Morgan fingerprint density at radius 2 is 2.00 bits per heavy atom. The molecule has 1 N–H and O–H groups in total. The fraction of sp³-hybridized carbons (Fsp3) is 0.100. The summed E-state index contributed by atoms with van der Waals surface area (Å²) in [5.41, 5.74) is 0.600. The minimum Gasteiger partial charge on any atom is -0.329 e. The minimum absolute atomic E-state index is 0.130. The molecule has 0 unspecified atom stereocenters. The van der Waals surface area contributed by atoms with Crippen LogP contribution in [0.5, 0.6) is 0 Å². The Balaban J connectivity index is 2.72. The van der Waals surface area contributed by atoms with E-state index in [9.17, 15) is 4.79 Å². The van der Waals surface area contributed by atoms with Gasteiger partial charge < -0.3 is 5.32 Å². The van der Waals surface area contributed by atoms with Crippen molar-refractivity contribution in [3.63, 3.8) is 0 Å². The van der Waals surface area contributed by atoms with E-state index < -0.39 is 0 Å². The van der Waals surface area contributed by atoms with Gasteiger partial charge in [0.2, 0.25) is 0 Å². The molecule has 1 amide bonds. The van der Waals surface area contributed by atoms with Crippen molar-refractivity contribution in [2.45, 2.75) is 6.92 Å². The van der Waals surface area contributed by atoms with Crippen molar-refractivity contribution in [1.29, 1.82) is 0 Å². The molecular weight excluding hydrogens is 186 g/mol. The molecule has 13 heavy (non-hydrogen) atoms. The number of hydrogen-bond acceptors (Lipinski definition) is 1. The number of amides is 1. The van der Waals surface area contributed by atoms with Gasteiger partial charge in [0, 0.05) is 10.6 Å². The van der Waals surface area contributed by atoms with Gasteiger partial charge in [-0.3, -0.25) is 4.79 Å². The highest BCUT2D eigenvalue weighted by Crippen LogP contribution is 2.09. The number of carbonyl (C=O) groups is 1. The summed E-state index contributed by atoms with van der Waals surface area (Å²) >= 11 is 5.68. The lowest BCUT2D eigenvalue weighted by Gasteiger charge is -1.99. The van der Waals surface area contributed by atoms with Crippen LogP contribution in [0.25, 0.3) is 0 Å². The van der Waals surface area contributed by atoms with Crippen molar-refractivity contribution in [2.24, 2.45) is 0 Å². The van der Waals surface area contributed by atoms with E-state index >= 15 is 0 Å². The second-order valence-electron chi connectivity index (χ2n) is 2.48. The first-order valence-corrected chi connectivity index (χ1v) is 4.29. The first kappa shape index (κ1) is 9.81. The molecule has 0 aliphatic carbocycles. The van der Waals surface area contributed by atoms with Crippen LogP contribution in [0.2, 0.25) is 5.02 Å². The van der Waals surface area contributed by atoms with Gasteiger partial charge >= 0.3 is 0 Å². The Bertz CT molecular complexity index is 316. The Morgan fingerprint density at radius 1 is 1.38 bits per heavy atom. The smallest absolute Gasteiger partial charge is 0.255 e. The molecule has 0 radical (unpaired) electrons. The SMILES string of the molecule is C/C=C/NC(=O)c1ccc(Cl)cc1. The summed E-state index contributed by atoms with van der Waals surface area (Å²) in [7, 11) is 0. The Kier molecular flexibility index (Phi) is 3.53. The van der Waals surface area contributed by atoms with E-state index in [-0.39, 0.29) is 5.91 Å². The third-order valence-electron chi connectivity index (χ3n) is 1.49. The van der Waals surface area contributed by atoms with Gasteiger partial charge in [0.25, 0.3) is 5.91 Å². The lowest BCUT2D eigenvalue weighted by Crippen LogP contribution is -2.16. The second kappa shape index (κ2) is 4.67. The number of carbonyl (C=O) groups excluding carboxylic acids is 1. The van der Waals surface area contributed by atoms with E-state index in [4.69, 9.17) is 11.6 Å². The van der Waals surface area contributed by atoms with Crippen molar-refractivity contribution in [3.8, 4) is 0 Å². The zero-order valence-electron chi connectivity index (χ0n) is 7.25. The van der Waals surface area contributed by atoms with E-state index in [1.807, 2.05) is 6.92 Å². The van der Waals surface area contributed by atoms with Crippen LogP contribution in [-0.2, 0) is 0 Å². The van der Waals surface area contributed by atoms with E-state index in [2.05, 4.69) is 5.32 Å². The van der Waals surface area contributed by atoms with Gasteiger partial charge in [0.15, 0.2) is 0 Å². The van der Waals surface area contributed by atoms with E-state index in [1.54, 1.807) is 36.5 Å². The van der Waals surface area contributed by atoms with Crippen LogP contribution in [0, 0.1) is 0 Å². The number of halogens is 1. The number of allylic oxidation sites excluding steroid dienone is 1. The average Bonchev–Trinajstić information content (AvgIpc) is 2.15. The number of rotatable bonds is 2. The quantitative estimate of drug-likeness (QED) is 0.772. The highest BCUT2D eigenvalue weighted by atomic mass is 35.5. The first-order chi connectivity index (χ1) is 6.24. The van der Waals surface area contributed by atoms with Gasteiger partial charge in [-0.15, -0.1) is 0 Å². The van der Waals surface area contributed by atoms with Gasteiger partial charge in [-0.2, -0.15) is 0 Å². The molecule has 68 valence electrons. The van der Waals surface area contributed by atoms with Crippen molar-refractivity contribution in [3.05, 3.63) is 47.1 Å². The maximum atomic E-state index is 11.3. The van der Waals surface area contributed by atoms with Crippen LogP contribution in [0.15, 0.2) is 36.5 Å². The van der Waals surface area contributed by atoms with E-state index in [1.165, 1.54) is 0 Å². The summed E-state index contributed by atoms with van der Waals surface area (Å²) in [6, 6.07) is 6.74. The Hall–Kier alpha value is -1.28. The van der Waals surface area contributed by atoms with Gasteiger partial charge in [-0.1, -0.05) is 17.7 Å². The maximum Gasteiger partial charge on any atom is 0.255 e. The Labute approximate surface area is 82.2 Å². The summed E-state index contributed by atoms with van der Waals surface area (Å²) in [6.07, 6.45) is 3.35. The predicted molar refractivity (Wildman–Crippen MR) is 53.7 cm³/mol. The first-order valence-electron chi connectivity index (χ1n) is 3.91. The monoisotopic (exact) mass is 195 g/mol. The highest BCUT2D eigenvalue weighted by Gasteiger charge is 2.01. The molecule has 0 atom stereocenters. The van der Waals surface area contributed by atoms with Crippen LogP contribution in [0.3, 0.4) is 0 Å². The fourth-order valence-electron chi connectivity index (χ4n) is 0.844. The van der Waals surface area contributed by atoms with Crippen LogP contribution in [0.4, 0.5) is 0 Å². The molecule has 3 heteroatoms. The normalized spacial score (nSPS) is 10.3. The maximum absolute atomic E-state index is 11.3. The van der Waals surface area contributed by atoms with Crippen molar-refractivity contribution in [1.82, 2.24) is 5.32 Å².